The SMILES string of the molecule is COc1cc([C@@H](O)[C@H]2CO2)ccc1OCc1ccccc1. The Morgan fingerprint density at radius 3 is 2.62 bits per heavy atom. The van der Waals surface area contributed by atoms with Crippen molar-refractivity contribution in [1.82, 2.24) is 0 Å². The summed E-state index contributed by atoms with van der Waals surface area (Å²) >= 11 is 0. The number of hydrogen-bond donors (Lipinski definition) is 1. The third kappa shape index (κ3) is 3.35. The van der Waals surface area contributed by atoms with Gasteiger partial charge in [0.05, 0.1) is 13.7 Å². The molecule has 1 aliphatic heterocycles. The molecular formula is C17H18O4. The van der Waals surface area contributed by atoms with Crippen LogP contribution in [-0.4, -0.2) is 24.9 Å². The quantitative estimate of drug-likeness (QED) is 0.830. The number of hydrogen-bond acceptors (Lipinski definition) is 4. The summed E-state index contributed by atoms with van der Waals surface area (Å²) in [7, 11) is 1.59. The zero-order valence-corrected chi connectivity index (χ0v) is 11.9. The number of ether oxygens (including phenoxy) is 3. The van der Waals surface area contributed by atoms with E-state index >= 15 is 0 Å². The molecule has 0 aromatic heterocycles. The highest BCUT2D eigenvalue weighted by Crippen LogP contribution is 2.34. The Labute approximate surface area is 123 Å². The van der Waals surface area contributed by atoms with Gasteiger partial charge in [0, 0.05) is 0 Å². The van der Waals surface area contributed by atoms with Crippen LogP contribution in [0.1, 0.15) is 17.2 Å². The van der Waals surface area contributed by atoms with Crippen LogP contribution < -0.4 is 9.47 Å². The molecule has 0 saturated carbocycles. The summed E-state index contributed by atoms with van der Waals surface area (Å²) in [5.41, 5.74) is 1.87. The predicted molar refractivity (Wildman–Crippen MR) is 78.5 cm³/mol. The Hall–Kier alpha value is -2.04. The van der Waals surface area contributed by atoms with Crippen LogP contribution in [0.3, 0.4) is 0 Å². The molecule has 0 bridgehead atoms. The van der Waals surface area contributed by atoms with E-state index in [0.717, 1.165) is 11.1 Å². The maximum atomic E-state index is 10.1. The first kappa shape index (κ1) is 13.9. The molecule has 3 rings (SSSR count). The molecule has 0 radical (unpaired) electrons. The minimum atomic E-state index is -0.609. The molecular weight excluding hydrogens is 268 g/mol. The Bertz CT molecular complexity index is 593. The molecule has 1 heterocycles. The number of aliphatic hydroxyl groups is 1. The molecule has 4 heteroatoms. The van der Waals surface area contributed by atoms with Crippen LogP contribution in [0.2, 0.25) is 0 Å². The zero-order valence-electron chi connectivity index (χ0n) is 11.9. The predicted octanol–water partition coefficient (Wildman–Crippen LogP) is 2.71. The van der Waals surface area contributed by atoms with E-state index in [4.69, 9.17) is 14.2 Å². The van der Waals surface area contributed by atoms with Crippen molar-refractivity contribution < 1.29 is 19.3 Å². The smallest absolute Gasteiger partial charge is 0.161 e. The zero-order chi connectivity index (χ0) is 14.7. The van der Waals surface area contributed by atoms with Gasteiger partial charge < -0.3 is 19.3 Å². The van der Waals surface area contributed by atoms with E-state index in [9.17, 15) is 5.11 Å². The molecule has 2 aromatic rings. The van der Waals surface area contributed by atoms with Crippen LogP contribution in [0.25, 0.3) is 0 Å². The second-order valence-corrected chi connectivity index (χ2v) is 5.00. The highest BCUT2D eigenvalue weighted by Gasteiger charge is 2.32. The van der Waals surface area contributed by atoms with Gasteiger partial charge in [0.1, 0.15) is 18.8 Å². The van der Waals surface area contributed by atoms with Crippen LogP contribution in [0.5, 0.6) is 11.5 Å². The van der Waals surface area contributed by atoms with Crippen LogP contribution in [0.15, 0.2) is 48.5 Å². The van der Waals surface area contributed by atoms with Crippen molar-refractivity contribution in [2.24, 2.45) is 0 Å². The summed E-state index contributed by atoms with van der Waals surface area (Å²) in [4.78, 5) is 0. The molecule has 1 saturated heterocycles. The average molecular weight is 286 g/mol. The van der Waals surface area contributed by atoms with Gasteiger partial charge in [-0.05, 0) is 23.3 Å². The van der Waals surface area contributed by atoms with Crippen LogP contribution in [0, 0.1) is 0 Å². The molecule has 2 atom stereocenters. The number of benzene rings is 2. The topological polar surface area (TPSA) is 51.2 Å². The van der Waals surface area contributed by atoms with E-state index < -0.39 is 6.10 Å². The van der Waals surface area contributed by atoms with Crippen LogP contribution >= 0.6 is 0 Å². The molecule has 0 spiro atoms. The summed E-state index contributed by atoms with van der Waals surface area (Å²) < 4.78 is 16.2. The highest BCUT2D eigenvalue weighted by molar-refractivity contribution is 5.44. The molecule has 1 N–H and O–H groups in total. The molecule has 1 fully saturated rings. The summed E-state index contributed by atoms with van der Waals surface area (Å²) in [6.45, 7) is 1.08. The fourth-order valence-electron chi connectivity index (χ4n) is 2.18. The lowest BCUT2D eigenvalue weighted by Gasteiger charge is -2.14. The van der Waals surface area contributed by atoms with E-state index in [-0.39, 0.29) is 6.10 Å². The Kier molecular flexibility index (Phi) is 4.08. The first-order valence-electron chi connectivity index (χ1n) is 6.92. The van der Waals surface area contributed by atoms with E-state index in [1.54, 1.807) is 13.2 Å². The average Bonchev–Trinajstić information content (AvgIpc) is 3.38. The summed E-state index contributed by atoms with van der Waals surface area (Å²) in [6.07, 6.45) is -0.701. The maximum Gasteiger partial charge on any atom is 0.161 e. The van der Waals surface area contributed by atoms with Crippen molar-refractivity contribution in [3.63, 3.8) is 0 Å². The second-order valence-electron chi connectivity index (χ2n) is 5.00. The molecule has 0 unspecified atom stereocenters. The Morgan fingerprint density at radius 1 is 1.19 bits per heavy atom. The van der Waals surface area contributed by atoms with Gasteiger partial charge in [-0.1, -0.05) is 36.4 Å². The maximum absolute atomic E-state index is 10.1. The first-order valence-corrected chi connectivity index (χ1v) is 6.92. The first-order chi connectivity index (χ1) is 10.3. The van der Waals surface area contributed by atoms with Crippen LogP contribution in [0.4, 0.5) is 0 Å². The van der Waals surface area contributed by atoms with Crippen LogP contribution in [-0.2, 0) is 11.3 Å². The van der Waals surface area contributed by atoms with Crippen molar-refractivity contribution >= 4 is 0 Å². The van der Waals surface area contributed by atoms with Gasteiger partial charge in [0.25, 0.3) is 0 Å². The van der Waals surface area contributed by atoms with E-state index in [1.807, 2.05) is 42.5 Å². The molecule has 0 aliphatic carbocycles. The fourth-order valence-corrected chi connectivity index (χ4v) is 2.18. The second kappa shape index (κ2) is 6.16. The summed E-state index contributed by atoms with van der Waals surface area (Å²) in [5.74, 6) is 1.28. The van der Waals surface area contributed by atoms with Crippen molar-refractivity contribution in [3.8, 4) is 11.5 Å². The lowest BCUT2D eigenvalue weighted by Crippen LogP contribution is -2.06. The third-order valence-corrected chi connectivity index (χ3v) is 3.48. The van der Waals surface area contributed by atoms with Crippen molar-refractivity contribution in [1.29, 1.82) is 0 Å². The highest BCUT2D eigenvalue weighted by atomic mass is 16.6. The van der Waals surface area contributed by atoms with E-state index in [0.29, 0.717) is 24.7 Å². The van der Waals surface area contributed by atoms with Gasteiger partial charge in [-0.2, -0.15) is 0 Å². The Balaban J connectivity index is 1.72. The molecule has 0 amide bonds. The monoisotopic (exact) mass is 286 g/mol. The minimum Gasteiger partial charge on any atom is -0.493 e. The molecule has 21 heavy (non-hydrogen) atoms. The van der Waals surface area contributed by atoms with Gasteiger partial charge in [0.2, 0.25) is 0 Å². The third-order valence-electron chi connectivity index (χ3n) is 3.48. The molecule has 1 aliphatic rings. The molecule has 2 aromatic carbocycles. The Morgan fingerprint density at radius 2 is 1.95 bits per heavy atom. The van der Waals surface area contributed by atoms with E-state index in [1.165, 1.54) is 0 Å². The standard InChI is InChI=1S/C17H18O4/c1-19-15-9-13(17(18)16-11-21-16)7-8-14(15)20-10-12-5-3-2-4-6-12/h2-9,16-18H,10-11H2,1H3/t16-,17-/m1/s1. The summed E-state index contributed by atoms with van der Waals surface area (Å²) in [5, 5.41) is 10.1. The van der Waals surface area contributed by atoms with Gasteiger partial charge >= 0.3 is 0 Å². The fraction of sp³-hybridized carbons (Fsp3) is 0.294. The van der Waals surface area contributed by atoms with Crippen molar-refractivity contribution in [2.45, 2.75) is 18.8 Å². The minimum absolute atomic E-state index is 0.0919. The number of rotatable bonds is 6. The van der Waals surface area contributed by atoms with Gasteiger partial charge in [-0.15, -0.1) is 0 Å². The lowest BCUT2D eigenvalue weighted by molar-refractivity contribution is 0.136. The number of epoxide rings is 1. The number of methoxy groups -OCH3 is 1. The van der Waals surface area contributed by atoms with Crippen molar-refractivity contribution in [2.75, 3.05) is 13.7 Å². The lowest BCUT2D eigenvalue weighted by atomic mass is 10.1. The molecule has 110 valence electrons. The van der Waals surface area contributed by atoms with E-state index in [2.05, 4.69) is 0 Å². The largest absolute Gasteiger partial charge is 0.493 e. The van der Waals surface area contributed by atoms with Gasteiger partial charge in [0.15, 0.2) is 11.5 Å². The normalized spacial score (nSPS) is 18.1. The van der Waals surface area contributed by atoms with Gasteiger partial charge in [-0.25, -0.2) is 0 Å². The van der Waals surface area contributed by atoms with Crippen molar-refractivity contribution in [3.05, 3.63) is 59.7 Å². The number of aliphatic hydroxyl groups excluding tert-OH is 1. The summed E-state index contributed by atoms with van der Waals surface area (Å²) in [6, 6.07) is 15.4. The van der Waals surface area contributed by atoms with Gasteiger partial charge in [-0.3, -0.25) is 0 Å². The molecule has 4 nitrogen and oxygen atoms in total.